The first-order valence-corrected chi connectivity index (χ1v) is 10.3. The molecule has 0 spiro atoms. The normalized spacial score (nSPS) is 15.3. The van der Waals surface area contributed by atoms with Gasteiger partial charge in [-0.1, -0.05) is 61.2 Å². The fourth-order valence-electron chi connectivity index (χ4n) is 2.73. The fourth-order valence-corrected chi connectivity index (χ4v) is 4.04. The van der Waals surface area contributed by atoms with Crippen molar-refractivity contribution in [3.8, 4) is 0 Å². The summed E-state index contributed by atoms with van der Waals surface area (Å²) in [4.78, 5) is 30.9. The zero-order valence-corrected chi connectivity index (χ0v) is 17.2. The van der Waals surface area contributed by atoms with Gasteiger partial charge in [0, 0.05) is 19.2 Å². The minimum absolute atomic E-state index is 0.0975. The highest BCUT2D eigenvalue weighted by atomic mass is 32.2. The van der Waals surface area contributed by atoms with Gasteiger partial charge in [0.25, 0.3) is 5.91 Å². The van der Waals surface area contributed by atoms with E-state index in [0.29, 0.717) is 34.4 Å². The number of thiocarbonyl (C=S) groups is 1. The van der Waals surface area contributed by atoms with Gasteiger partial charge in [-0.3, -0.25) is 14.5 Å². The average Bonchev–Trinajstić information content (AvgIpc) is 2.96. The van der Waals surface area contributed by atoms with E-state index in [1.165, 1.54) is 17.3 Å². The highest BCUT2D eigenvalue weighted by molar-refractivity contribution is 8.26. The Morgan fingerprint density at radius 1 is 1.25 bits per heavy atom. The van der Waals surface area contributed by atoms with E-state index in [2.05, 4.69) is 29.4 Å². The van der Waals surface area contributed by atoms with Gasteiger partial charge in [-0.2, -0.15) is 0 Å². The van der Waals surface area contributed by atoms with Crippen molar-refractivity contribution in [2.45, 2.75) is 26.2 Å². The number of pyridine rings is 1. The molecule has 1 aromatic heterocycles. The third-order valence-electron chi connectivity index (χ3n) is 4.28. The fraction of sp³-hybridized carbons (Fsp3) is 0.238. The third-order valence-corrected chi connectivity index (χ3v) is 5.66. The van der Waals surface area contributed by atoms with Crippen LogP contribution in [0.15, 0.2) is 53.6 Å². The predicted octanol–water partition coefficient (Wildman–Crippen LogP) is 4.26. The van der Waals surface area contributed by atoms with Gasteiger partial charge in [0.1, 0.15) is 10.1 Å². The molecule has 5 nitrogen and oxygen atoms in total. The summed E-state index contributed by atoms with van der Waals surface area (Å²) in [5, 5.41) is 2.74. The summed E-state index contributed by atoms with van der Waals surface area (Å²) in [6.45, 7) is 2.53. The summed E-state index contributed by atoms with van der Waals surface area (Å²) in [6.07, 6.45) is 5.30. The SMILES string of the molecule is CCc1ccc(C=C2SC(=S)N(CCCC(=O)Nc3ccccn3)C2=O)cc1. The molecule has 3 rings (SSSR count). The van der Waals surface area contributed by atoms with E-state index < -0.39 is 0 Å². The van der Waals surface area contributed by atoms with Crippen molar-refractivity contribution in [3.05, 3.63) is 64.7 Å². The summed E-state index contributed by atoms with van der Waals surface area (Å²) in [6, 6.07) is 13.5. The van der Waals surface area contributed by atoms with Crippen molar-refractivity contribution in [1.29, 1.82) is 0 Å². The topological polar surface area (TPSA) is 62.3 Å². The predicted molar refractivity (Wildman–Crippen MR) is 118 cm³/mol. The molecule has 2 amide bonds. The average molecular weight is 412 g/mol. The molecule has 0 unspecified atom stereocenters. The van der Waals surface area contributed by atoms with E-state index in [-0.39, 0.29) is 11.8 Å². The maximum Gasteiger partial charge on any atom is 0.266 e. The molecule has 0 saturated carbocycles. The van der Waals surface area contributed by atoms with Crippen molar-refractivity contribution in [2.24, 2.45) is 0 Å². The first-order valence-electron chi connectivity index (χ1n) is 9.12. The Balaban J connectivity index is 1.53. The molecule has 0 atom stereocenters. The molecule has 1 aromatic carbocycles. The first kappa shape index (κ1) is 20.2. The number of aryl methyl sites for hydroxylation is 1. The molecule has 0 bridgehead atoms. The Bertz CT molecular complexity index is 896. The highest BCUT2D eigenvalue weighted by Gasteiger charge is 2.31. The molecule has 1 aliphatic rings. The maximum atomic E-state index is 12.6. The van der Waals surface area contributed by atoms with Gasteiger partial charge in [0.2, 0.25) is 5.91 Å². The molecule has 1 saturated heterocycles. The Labute approximate surface area is 174 Å². The van der Waals surface area contributed by atoms with Crippen LogP contribution in [-0.4, -0.2) is 32.6 Å². The van der Waals surface area contributed by atoms with Crippen LogP contribution in [0.2, 0.25) is 0 Å². The molecular formula is C21H21N3O2S2. The standard InChI is InChI=1S/C21H21N3O2S2/c1-2-15-8-10-16(11-9-15)14-17-20(26)24(21(27)28-17)13-5-7-19(25)23-18-6-3-4-12-22-18/h3-4,6,8-12,14H,2,5,7,13H2,1H3,(H,22,23,25). The van der Waals surface area contributed by atoms with Crippen LogP contribution in [0.5, 0.6) is 0 Å². The number of benzene rings is 1. The second-order valence-corrected chi connectivity index (χ2v) is 7.97. The van der Waals surface area contributed by atoms with Crippen LogP contribution in [0.1, 0.15) is 30.9 Å². The molecule has 144 valence electrons. The van der Waals surface area contributed by atoms with E-state index in [0.717, 1.165) is 12.0 Å². The zero-order valence-electron chi connectivity index (χ0n) is 15.6. The molecule has 28 heavy (non-hydrogen) atoms. The van der Waals surface area contributed by atoms with Crippen LogP contribution >= 0.6 is 24.0 Å². The van der Waals surface area contributed by atoms with Gasteiger partial charge in [-0.25, -0.2) is 4.98 Å². The number of nitrogens with zero attached hydrogens (tertiary/aromatic N) is 2. The number of hydrogen-bond donors (Lipinski definition) is 1. The molecule has 1 N–H and O–H groups in total. The molecule has 7 heteroatoms. The van der Waals surface area contributed by atoms with Crippen LogP contribution in [0, 0.1) is 0 Å². The number of carbonyl (C=O) groups excluding carboxylic acids is 2. The number of carbonyl (C=O) groups is 2. The second kappa shape index (κ2) is 9.61. The lowest BCUT2D eigenvalue weighted by molar-refractivity contribution is -0.122. The van der Waals surface area contributed by atoms with Crippen molar-refractivity contribution < 1.29 is 9.59 Å². The smallest absolute Gasteiger partial charge is 0.266 e. The number of hydrogen-bond acceptors (Lipinski definition) is 5. The van der Waals surface area contributed by atoms with Crippen LogP contribution in [0.3, 0.4) is 0 Å². The highest BCUT2D eigenvalue weighted by Crippen LogP contribution is 2.32. The molecule has 0 aliphatic carbocycles. The Morgan fingerprint density at radius 2 is 2.04 bits per heavy atom. The van der Waals surface area contributed by atoms with Gasteiger partial charge >= 0.3 is 0 Å². The third kappa shape index (κ3) is 5.27. The summed E-state index contributed by atoms with van der Waals surface area (Å²) in [7, 11) is 0. The van der Waals surface area contributed by atoms with Crippen LogP contribution in [-0.2, 0) is 16.0 Å². The van der Waals surface area contributed by atoms with Crippen molar-refractivity contribution in [3.63, 3.8) is 0 Å². The van der Waals surface area contributed by atoms with Gasteiger partial charge in [-0.05, 0) is 42.2 Å². The number of rotatable bonds is 7. The Morgan fingerprint density at radius 3 is 2.71 bits per heavy atom. The van der Waals surface area contributed by atoms with E-state index in [1.54, 1.807) is 23.2 Å². The van der Waals surface area contributed by atoms with Crippen molar-refractivity contribution in [1.82, 2.24) is 9.88 Å². The van der Waals surface area contributed by atoms with Crippen LogP contribution in [0.25, 0.3) is 6.08 Å². The van der Waals surface area contributed by atoms with Crippen LogP contribution < -0.4 is 5.32 Å². The monoisotopic (exact) mass is 411 g/mol. The number of anilines is 1. The summed E-state index contributed by atoms with van der Waals surface area (Å²) >= 11 is 6.66. The van der Waals surface area contributed by atoms with E-state index >= 15 is 0 Å². The molecular weight excluding hydrogens is 390 g/mol. The van der Waals surface area contributed by atoms with Crippen molar-refractivity contribution >= 4 is 52.0 Å². The summed E-state index contributed by atoms with van der Waals surface area (Å²) < 4.78 is 0.534. The van der Waals surface area contributed by atoms with Gasteiger partial charge in [0.05, 0.1) is 4.91 Å². The largest absolute Gasteiger partial charge is 0.311 e. The summed E-state index contributed by atoms with van der Waals surface area (Å²) in [5.74, 6) is 0.297. The lowest BCUT2D eigenvalue weighted by Gasteiger charge is -2.14. The number of aromatic nitrogens is 1. The quantitative estimate of drug-likeness (QED) is 0.545. The van der Waals surface area contributed by atoms with Gasteiger partial charge < -0.3 is 5.32 Å². The Hall–Kier alpha value is -2.51. The number of amides is 2. The minimum atomic E-state index is -0.129. The molecule has 1 aliphatic heterocycles. The Kier molecular flexibility index (Phi) is 6.95. The lowest BCUT2D eigenvalue weighted by Crippen LogP contribution is -2.29. The molecule has 2 heterocycles. The van der Waals surface area contributed by atoms with E-state index in [4.69, 9.17) is 12.2 Å². The number of nitrogens with one attached hydrogen (secondary N) is 1. The molecule has 2 aromatic rings. The van der Waals surface area contributed by atoms with Crippen molar-refractivity contribution in [2.75, 3.05) is 11.9 Å². The first-order chi connectivity index (χ1) is 13.6. The van der Waals surface area contributed by atoms with E-state index in [1.807, 2.05) is 24.3 Å². The summed E-state index contributed by atoms with van der Waals surface area (Å²) in [5.41, 5.74) is 2.24. The maximum absolute atomic E-state index is 12.6. The van der Waals surface area contributed by atoms with E-state index in [9.17, 15) is 9.59 Å². The van der Waals surface area contributed by atoms with Gasteiger partial charge in [-0.15, -0.1) is 0 Å². The molecule has 0 radical (unpaired) electrons. The lowest BCUT2D eigenvalue weighted by atomic mass is 10.1. The second-order valence-electron chi connectivity index (χ2n) is 6.30. The number of thioether (sulfide) groups is 1. The zero-order chi connectivity index (χ0) is 19.9. The van der Waals surface area contributed by atoms with Gasteiger partial charge in [0.15, 0.2) is 0 Å². The van der Waals surface area contributed by atoms with Crippen LogP contribution in [0.4, 0.5) is 5.82 Å². The minimum Gasteiger partial charge on any atom is -0.311 e. The molecule has 1 fully saturated rings.